The lowest BCUT2D eigenvalue weighted by Crippen LogP contribution is -2.25. The number of nitrogens with zero attached hydrogens (tertiary/aromatic N) is 4. The molecular formula is C28H17F5N4O. The second-order valence-electron chi connectivity index (χ2n) is 8.65. The molecule has 2 heterocycles. The summed E-state index contributed by atoms with van der Waals surface area (Å²) >= 11 is 0. The van der Waals surface area contributed by atoms with Crippen molar-refractivity contribution in [2.24, 2.45) is 5.10 Å². The quantitative estimate of drug-likeness (QED) is 0.136. The van der Waals surface area contributed by atoms with Crippen LogP contribution in [0.3, 0.4) is 0 Å². The summed E-state index contributed by atoms with van der Waals surface area (Å²) in [7, 11) is 0. The highest BCUT2D eigenvalue weighted by molar-refractivity contribution is 6.32. The number of anilines is 1. The summed E-state index contributed by atoms with van der Waals surface area (Å²) in [5, 5.41) is 14.2. The summed E-state index contributed by atoms with van der Waals surface area (Å²) in [6.45, 7) is 3.57. The standard InChI is InChI=1S/C28H17F5N4O/c1-14-19(28(38)37(35-14)27-25(32)23(30)22(29)24(31)26(27)33)11-20-15(2)36(21-10-6-5-9-18(20)21)13-17-8-4-3-7-16(17)12-34/h3-11H,13H2,1-2H3/b19-11-. The molecule has 1 aromatic heterocycles. The number of hydrogen-bond donors (Lipinski definition) is 0. The van der Waals surface area contributed by atoms with Crippen molar-refractivity contribution in [1.82, 2.24) is 4.57 Å². The molecule has 4 aromatic rings. The molecule has 1 amide bonds. The number of para-hydroxylation sites is 1. The van der Waals surface area contributed by atoms with Gasteiger partial charge in [0.05, 0.1) is 22.9 Å². The van der Waals surface area contributed by atoms with Gasteiger partial charge in [0.1, 0.15) is 5.69 Å². The predicted octanol–water partition coefficient (Wildman–Crippen LogP) is 6.37. The summed E-state index contributed by atoms with van der Waals surface area (Å²) in [4.78, 5) is 13.2. The molecule has 0 spiro atoms. The summed E-state index contributed by atoms with van der Waals surface area (Å²) in [5.74, 6) is -12.0. The van der Waals surface area contributed by atoms with Crippen LogP contribution in [0, 0.1) is 47.3 Å². The van der Waals surface area contributed by atoms with Crippen molar-refractivity contribution < 1.29 is 26.7 Å². The maximum absolute atomic E-state index is 14.4. The average molecular weight is 520 g/mol. The summed E-state index contributed by atoms with van der Waals surface area (Å²) < 4.78 is 71.9. The molecule has 190 valence electrons. The van der Waals surface area contributed by atoms with Gasteiger partial charge in [-0.25, -0.2) is 22.0 Å². The largest absolute Gasteiger partial charge is 0.340 e. The Labute approximate surface area is 213 Å². The van der Waals surface area contributed by atoms with Crippen molar-refractivity contribution >= 4 is 34.3 Å². The van der Waals surface area contributed by atoms with Crippen LogP contribution in [0.4, 0.5) is 27.6 Å². The first-order chi connectivity index (χ1) is 18.1. The molecule has 1 aliphatic heterocycles. The van der Waals surface area contributed by atoms with Crippen LogP contribution in [0.25, 0.3) is 17.0 Å². The van der Waals surface area contributed by atoms with Gasteiger partial charge in [0.2, 0.25) is 5.82 Å². The number of carbonyl (C=O) groups is 1. The van der Waals surface area contributed by atoms with Gasteiger partial charge in [0.15, 0.2) is 23.3 Å². The number of benzene rings is 3. The number of halogens is 5. The zero-order valence-corrected chi connectivity index (χ0v) is 20.0. The van der Waals surface area contributed by atoms with Crippen molar-refractivity contribution in [2.75, 3.05) is 5.01 Å². The van der Waals surface area contributed by atoms with Crippen molar-refractivity contribution in [3.8, 4) is 6.07 Å². The van der Waals surface area contributed by atoms with Gasteiger partial charge in [-0.2, -0.15) is 15.4 Å². The second-order valence-corrected chi connectivity index (χ2v) is 8.65. The number of amides is 1. The van der Waals surface area contributed by atoms with Gasteiger partial charge in [-0.15, -0.1) is 0 Å². The van der Waals surface area contributed by atoms with Gasteiger partial charge in [-0.3, -0.25) is 4.79 Å². The highest BCUT2D eigenvalue weighted by Gasteiger charge is 2.37. The number of nitriles is 1. The number of aromatic nitrogens is 1. The van der Waals surface area contributed by atoms with Crippen LogP contribution in [0.5, 0.6) is 0 Å². The summed E-state index contributed by atoms with van der Waals surface area (Å²) in [5.41, 5.74) is 1.95. The Morgan fingerprint density at radius 2 is 1.50 bits per heavy atom. The number of fused-ring (bicyclic) bond motifs is 1. The first-order valence-electron chi connectivity index (χ1n) is 11.3. The molecular weight excluding hydrogens is 503 g/mol. The smallest absolute Gasteiger partial charge is 0.280 e. The van der Waals surface area contributed by atoms with E-state index in [-0.39, 0.29) is 16.3 Å². The van der Waals surface area contributed by atoms with Crippen LogP contribution in [0.2, 0.25) is 0 Å². The zero-order chi connectivity index (χ0) is 27.3. The molecule has 3 aromatic carbocycles. The molecule has 0 atom stereocenters. The van der Waals surface area contributed by atoms with E-state index in [0.717, 1.165) is 22.2 Å². The normalized spacial score (nSPS) is 14.5. The summed E-state index contributed by atoms with van der Waals surface area (Å²) in [6, 6.07) is 16.7. The van der Waals surface area contributed by atoms with Crippen molar-refractivity contribution in [3.63, 3.8) is 0 Å². The van der Waals surface area contributed by atoms with Gasteiger partial charge in [-0.1, -0.05) is 36.4 Å². The number of carbonyl (C=O) groups excluding carboxylic acids is 1. The van der Waals surface area contributed by atoms with Crippen molar-refractivity contribution in [1.29, 1.82) is 5.26 Å². The lowest BCUT2D eigenvalue weighted by Gasteiger charge is -2.15. The Hall–Kier alpha value is -4.78. The Bertz CT molecular complexity index is 1730. The number of rotatable bonds is 4. The van der Waals surface area contributed by atoms with Crippen LogP contribution in [-0.2, 0) is 11.3 Å². The first-order valence-corrected chi connectivity index (χ1v) is 11.3. The summed E-state index contributed by atoms with van der Waals surface area (Å²) in [6.07, 6.45) is 1.48. The third kappa shape index (κ3) is 3.75. The molecule has 0 fully saturated rings. The first kappa shape index (κ1) is 24.9. The SMILES string of the molecule is CC1=NN(c2c(F)c(F)c(F)c(F)c2F)C(=O)/C1=C\c1c(C)n(Cc2ccccc2C#N)c2ccccc12. The Balaban J connectivity index is 1.63. The molecule has 5 nitrogen and oxygen atoms in total. The fraction of sp³-hybridized carbons (Fsp3) is 0.107. The van der Waals surface area contributed by atoms with E-state index in [1.807, 2.05) is 41.8 Å². The Morgan fingerprint density at radius 3 is 2.18 bits per heavy atom. The molecule has 0 unspecified atom stereocenters. The second kappa shape index (κ2) is 9.27. The van der Waals surface area contributed by atoms with Gasteiger partial charge >= 0.3 is 0 Å². The van der Waals surface area contributed by atoms with Crippen LogP contribution in [0.15, 0.2) is 59.2 Å². The average Bonchev–Trinajstić information content (AvgIpc) is 3.34. The van der Waals surface area contributed by atoms with E-state index in [2.05, 4.69) is 11.2 Å². The molecule has 0 radical (unpaired) electrons. The van der Waals surface area contributed by atoms with Crippen LogP contribution >= 0.6 is 0 Å². The lowest BCUT2D eigenvalue weighted by molar-refractivity contribution is -0.114. The Kier molecular flexibility index (Phi) is 6.07. The zero-order valence-electron chi connectivity index (χ0n) is 20.0. The van der Waals surface area contributed by atoms with E-state index in [4.69, 9.17) is 0 Å². The Morgan fingerprint density at radius 1 is 0.895 bits per heavy atom. The minimum absolute atomic E-state index is 0.0324. The fourth-order valence-electron chi connectivity index (χ4n) is 4.54. The minimum Gasteiger partial charge on any atom is -0.340 e. The molecule has 1 aliphatic rings. The van der Waals surface area contributed by atoms with Gasteiger partial charge in [0.25, 0.3) is 5.91 Å². The van der Waals surface area contributed by atoms with Gasteiger partial charge in [-0.05, 0) is 37.6 Å². The molecule has 0 aliphatic carbocycles. The molecule has 5 rings (SSSR count). The van der Waals surface area contributed by atoms with Gasteiger partial charge in [0, 0.05) is 28.7 Å². The highest BCUT2D eigenvalue weighted by atomic mass is 19.2. The molecule has 0 N–H and O–H groups in total. The fourth-order valence-corrected chi connectivity index (χ4v) is 4.54. The molecule has 10 heteroatoms. The monoisotopic (exact) mass is 520 g/mol. The van der Waals surface area contributed by atoms with Crippen molar-refractivity contribution in [2.45, 2.75) is 20.4 Å². The van der Waals surface area contributed by atoms with E-state index in [1.54, 1.807) is 18.2 Å². The molecule has 0 saturated heterocycles. The maximum Gasteiger partial charge on any atom is 0.280 e. The molecule has 0 bridgehead atoms. The predicted molar refractivity (Wildman–Crippen MR) is 132 cm³/mol. The van der Waals surface area contributed by atoms with E-state index in [9.17, 15) is 32.0 Å². The van der Waals surface area contributed by atoms with E-state index < -0.39 is 40.7 Å². The van der Waals surface area contributed by atoms with E-state index >= 15 is 0 Å². The van der Waals surface area contributed by atoms with Crippen LogP contribution in [-0.4, -0.2) is 16.2 Å². The van der Waals surface area contributed by atoms with Crippen LogP contribution in [0.1, 0.15) is 29.3 Å². The van der Waals surface area contributed by atoms with Crippen molar-refractivity contribution in [3.05, 3.63) is 106 Å². The molecule has 38 heavy (non-hydrogen) atoms. The van der Waals surface area contributed by atoms with E-state index in [0.29, 0.717) is 17.7 Å². The number of hydrogen-bond acceptors (Lipinski definition) is 3. The highest BCUT2D eigenvalue weighted by Crippen LogP contribution is 2.35. The topological polar surface area (TPSA) is 61.4 Å². The number of hydrazone groups is 1. The lowest BCUT2D eigenvalue weighted by atomic mass is 10.0. The minimum atomic E-state index is -2.33. The van der Waals surface area contributed by atoms with Crippen LogP contribution < -0.4 is 5.01 Å². The van der Waals surface area contributed by atoms with E-state index in [1.165, 1.54) is 13.0 Å². The molecule has 0 saturated carbocycles. The maximum atomic E-state index is 14.4. The third-order valence-electron chi connectivity index (χ3n) is 6.50. The van der Waals surface area contributed by atoms with Gasteiger partial charge < -0.3 is 4.57 Å². The third-order valence-corrected chi connectivity index (χ3v) is 6.50.